The summed E-state index contributed by atoms with van der Waals surface area (Å²) < 4.78 is 4.82. The number of piperidine rings is 1. The second-order valence-corrected chi connectivity index (χ2v) is 11.3. The largest absolute Gasteiger partial charge is 0.375 e. The van der Waals surface area contributed by atoms with Gasteiger partial charge in [-0.1, -0.05) is 19.3 Å². The van der Waals surface area contributed by atoms with Crippen molar-refractivity contribution in [1.29, 1.82) is 0 Å². The molecule has 202 valence electrons. The van der Waals surface area contributed by atoms with E-state index in [1.807, 2.05) is 0 Å². The van der Waals surface area contributed by atoms with Gasteiger partial charge in [0.1, 0.15) is 6.61 Å². The van der Waals surface area contributed by atoms with Crippen LogP contribution in [-0.4, -0.2) is 96.8 Å². The molecule has 3 saturated heterocycles. The van der Waals surface area contributed by atoms with E-state index in [1.165, 1.54) is 76.6 Å². The van der Waals surface area contributed by atoms with Crippen molar-refractivity contribution in [2.24, 2.45) is 0 Å². The molecule has 3 aliphatic rings. The fourth-order valence-corrected chi connectivity index (χ4v) is 6.25. The first-order valence-electron chi connectivity index (χ1n) is 14.4. The number of nitrogens with one attached hydrogen (secondary N) is 1. The molecular weight excluding hydrogens is 452 g/mol. The molecule has 2 unspecified atom stereocenters. The van der Waals surface area contributed by atoms with Gasteiger partial charge in [0.05, 0.1) is 0 Å². The maximum atomic E-state index is 11.3. The van der Waals surface area contributed by atoms with Gasteiger partial charge in [-0.25, -0.2) is 9.97 Å². The molecule has 36 heavy (non-hydrogen) atoms. The number of amides is 1. The van der Waals surface area contributed by atoms with E-state index < -0.39 is 0 Å². The Hall–Kier alpha value is -1.77. The molecule has 1 aromatic rings. The number of hydrogen-bond donors (Lipinski definition) is 1. The number of carbonyl (C=O) groups is 1. The number of nitrogens with zero attached hydrogens (tertiary/aromatic N) is 5. The van der Waals surface area contributed by atoms with Crippen LogP contribution in [0.3, 0.4) is 0 Å². The molecule has 0 spiro atoms. The van der Waals surface area contributed by atoms with Crippen LogP contribution >= 0.6 is 0 Å². The maximum Gasteiger partial charge on any atom is 0.245 e. The summed E-state index contributed by atoms with van der Waals surface area (Å²) >= 11 is 0. The average molecular weight is 501 g/mol. The minimum atomic E-state index is -0.0181. The smallest absolute Gasteiger partial charge is 0.245 e. The van der Waals surface area contributed by atoms with Crippen molar-refractivity contribution in [3.8, 4) is 0 Å². The number of fused-ring (bicyclic) bond motifs is 2. The lowest BCUT2D eigenvalue weighted by molar-refractivity contribution is -0.124. The molecule has 8 nitrogen and oxygen atoms in total. The first kappa shape index (κ1) is 27.3. The predicted molar refractivity (Wildman–Crippen MR) is 144 cm³/mol. The van der Waals surface area contributed by atoms with Gasteiger partial charge in [-0.3, -0.25) is 9.69 Å². The van der Waals surface area contributed by atoms with Gasteiger partial charge in [-0.15, -0.1) is 0 Å². The van der Waals surface area contributed by atoms with Crippen LogP contribution in [0.2, 0.25) is 0 Å². The van der Waals surface area contributed by atoms with Crippen LogP contribution in [0.25, 0.3) is 0 Å². The Morgan fingerprint density at radius 1 is 1.00 bits per heavy atom. The number of methoxy groups -OCH3 is 1. The van der Waals surface area contributed by atoms with Crippen LogP contribution in [-0.2, 0) is 9.53 Å². The third-order valence-corrected chi connectivity index (χ3v) is 8.44. The third kappa shape index (κ3) is 7.39. The minimum absolute atomic E-state index is 0.0181. The number of aromatic nitrogens is 2. The number of anilines is 1. The van der Waals surface area contributed by atoms with Gasteiger partial charge >= 0.3 is 0 Å². The van der Waals surface area contributed by atoms with E-state index in [0.717, 1.165) is 32.0 Å². The van der Waals surface area contributed by atoms with Crippen molar-refractivity contribution >= 4 is 11.9 Å². The number of likely N-dealkylation sites (tertiary alicyclic amines) is 2. The molecule has 2 atom stereocenters. The van der Waals surface area contributed by atoms with E-state index in [-0.39, 0.29) is 12.5 Å². The van der Waals surface area contributed by atoms with E-state index in [2.05, 4.69) is 46.3 Å². The molecule has 0 aromatic carbocycles. The molecule has 0 radical (unpaired) electrons. The van der Waals surface area contributed by atoms with Gasteiger partial charge in [0.2, 0.25) is 11.9 Å². The summed E-state index contributed by atoms with van der Waals surface area (Å²) in [4.78, 5) is 28.9. The van der Waals surface area contributed by atoms with E-state index in [4.69, 9.17) is 14.7 Å². The Bertz CT molecular complexity index is 782. The highest BCUT2D eigenvalue weighted by Crippen LogP contribution is 2.34. The molecule has 2 bridgehead atoms. The highest BCUT2D eigenvalue weighted by atomic mass is 16.5. The number of carbonyl (C=O) groups excluding carboxylic acids is 1. The molecule has 8 heteroatoms. The second-order valence-electron chi connectivity index (χ2n) is 11.3. The van der Waals surface area contributed by atoms with Crippen molar-refractivity contribution in [2.75, 3.05) is 57.9 Å². The van der Waals surface area contributed by atoms with Crippen molar-refractivity contribution in [3.05, 3.63) is 18.0 Å². The standard InChI is InChI=1S/C28H48N6O2/c1-22(2)33-19-25-9-10-26(20-33)34(25)28-30-17-24(18-31-28)23-11-15-32(16-12-23)14-8-6-4-5-7-13-29-27(35)21-36-3/h17-18,22-23,25-26H,4-16,19-21H2,1-3H3,(H,29,35). The average Bonchev–Trinajstić information content (AvgIpc) is 3.14. The molecule has 3 fully saturated rings. The molecule has 3 aliphatic heterocycles. The minimum Gasteiger partial charge on any atom is -0.375 e. The topological polar surface area (TPSA) is 73.8 Å². The van der Waals surface area contributed by atoms with Gasteiger partial charge in [-0.05, 0) is 83.5 Å². The highest BCUT2D eigenvalue weighted by molar-refractivity contribution is 5.77. The molecule has 1 aromatic heterocycles. The van der Waals surface area contributed by atoms with Gasteiger partial charge in [0.15, 0.2) is 0 Å². The molecule has 1 amide bonds. The molecule has 4 heterocycles. The van der Waals surface area contributed by atoms with Gasteiger partial charge in [-0.2, -0.15) is 0 Å². The summed E-state index contributed by atoms with van der Waals surface area (Å²) in [5.74, 6) is 1.53. The van der Waals surface area contributed by atoms with Gasteiger partial charge < -0.3 is 19.9 Å². The maximum absolute atomic E-state index is 11.3. The Kier molecular flexibility index (Phi) is 10.4. The molecule has 0 saturated carbocycles. The number of hydrogen-bond acceptors (Lipinski definition) is 7. The van der Waals surface area contributed by atoms with Crippen LogP contribution in [0.5, 0.6) is 0 Å². The third-order valence-electron chi connectivity index (χ3n) is 8.44. The second kappa shape index (κ2) is 13.7. The van der Waals surface area contributed by atoms with Crippen LogP contribution in [0.4, 0.5) is 5.95 Å². The van der Waals surface area contributed by atoms with E-state index in [9.17, 15) is 4.79 Å². The van der Waals surface area contributed by atoms with Crippen molar-refractivity contribution in [3.63, 3.8) is 0 Å². The normalized spacial score (nSPS) is 23.5. The zero-order valence-electron chi connectivity index (χ0n) is 22.8. The summed E-state index contributed by atoms with van der Waals surface area (Å²) in [6, 6.07) is 1.76. The van der Waals surface area contributed by atoms with E-state index in [1.54, 1.807) is 7.11 Å². The number of unbranched alkanes of at least 4 members (excludes halogenated alkanes) is 4. The van der Waals surface area contributed by atoms with Crippen molar-refractivity contribution in [1.82, 2.24) is 25.1 Å². The Morgan fingerprint density at radius 2 is 1.64 bits per heavy atom. The van der Waals surface area contributed by atoms with Gasteiger partial charge in [0.25, 0.3) is 0 Å². The Balaban J connectivity index is 1.11. The zero-order valence-corrected chi connectivity index (χ0v) is 22.8. The van der Waals surface area contributed by atoms with Crippen molar-refractivity contribution < 1.29 is 9.53 Å². The summed E-state index contributed by atoms with van der Waals surface area (Å²) in [5.41, 5.74) is 1.32. The van der Waals surface area contributed by atoms with Crippen LogP contribution in [0, 0.1) is 0 Å². The Labute approximate surface area is 218 Å². The molecule has 0 aliphatic carbocycles. The fraction of sp³-hybridized carbons (Fsp3) is 0.821. The number of piperazine rings is 1. The molecular formula is C28H48N6O2. The number of rotatable bonds is 13. The van der Waals surface area contributed by atoms with Crippen LogP contribution in [0.1, 0.15) is 83.1 Å². The predicted octanol–water partition coefficient (Wildman–Crippen LogP) is 3.43. The zero-order chi connectivity index (χ0) is 25.3. The lowest BCUT2D eigenvalue weighted by atomic mass is 9.91. The molecule has 1 N–H and O–H groups in total. The SMILES string of the molecule is COCC(=O)NCCCCCCCN1CCC(c2cnc(N3C4CCC3CN(C(C)C)C4)nc2)CC1. The quantitative estimate of drug-likeness (QED) is 0.416. The van der Waals surface area contributed by atoms with Crippen molar-refractivity contribution in [2.45, 2.75) is 95.7 Å². The monoisotopic (exact) mass is 500 g/mol. The fourth-order valence-electron chi connectivity index (χ4n) is 6.25. The summed E-state index contributed by atoms with van der Waals surface area (Å²) in [7, 11) is 1.55. The highest BCUT2D eigenvalue weighted by Gasteiger charge is 2.41. The number of ether oxygens (including phenoxy) is 1. The Morgan fingerprint density at radius 3 is 2.28 bits per heavy atom. The van der Waals surface area contributed by atoms with Crippen LogP contribution < -0.4 is 10.2 Å². The molecule has 4 rings (SSSR count). The summed E-state index contributed by atoms with van der Waals surface area (Å²) in [6.45, 7) is 11.4. The van der Waals surface area contributed by atoms with Gasteiger partial charge in [0, 0.05) is 57.3 Å². The first-order chi connectivity index (χ1) is 17.5. The lowest BCUT2D eigenvalue weighted by Gasteiger charge is -2.42. The van der Waals surface area contributed by atoms with E-state index in [0.29, 0.717) is 24.0 Å². The lowest BCUT2D eigenvalue weighted by Crippen LogP contribution is -2.56. The summed E-state index contributed by atoms with van der Waals surface area (Å²) in [5, 5.41) is 2.89. The van der Waals surface area contributed by atoms with Crippen LogP contribution in [0.15, 0.2) is 12.4 Å². The first-order valence-corrected chi connectivity index (χ1v) is 14.4. The summed E-state index contributed by atoms with van der Waals surface area (Å²) in [6.07, 6.45) is 15.2. The van der Waals surface area contributed by atoms with E-state index >= 15 is 0 Å².